The van der Waals surface area contributed by atoms with Crippen molar-refractivity contribution in [2.45, 2.75) is 26.8 Å². The first-order valence-electron chi connectivity index (χ1n) is 9.05. The van der Waals surface area contributed by atoms with Crippen LogP contribution in [0.2, 0.25) is 0 Å². The van der Waals surface area contributed by atoms with E-state index in [0.29, 0.717) is 5.56 Å². The van der Waals surface area contributed by atoms with Crippen LogP contribution in [0.3, 0.4) is 0 Å². The lowest BCUT2D eigenvalue weighted by molar-refractivity contribution is 0.0696. The molecule has 0 amide bonds. The average molecular weight is 347 g/mol. The van der Waals surface area contributed by atoms with E-state index in [2.05, 4.69) is 41.3 Å². The van der Waals surface area contributed by atoms with Gasteiger partial charge in [0.05, 0.1) is 5.56 Å². The van der Waals surface area contributed by atoms with Crippen LogP contribution in [0.5, 0.6) is 0 Å². The fraction of sp³-hybridized carbons (Fsp3) is 0.261. The summed E-state index contributed by atoms with van der Waals surface area (Å²) in [6, 6.07) is 16.0. The molecule has 2 aromatic rings. The molecule has 0 aliphatic carbocycles. The van der Waals surface area contributed by atoms with Crippen molar-refractivity contribution in [2.75, 3.05) is 13.1 Å². The molecule has 0 spiro atoms. The van der Waals surface area contributed by atoms with Crippen molar-refractivity contribution in [2.24, 2.45) is 0 Å². The molecule has 2 aromatic carbocycles. The van der Waals surface area contributed by atoms with Gasteiger partial charge >= 0.3 is 5.97 Å². The lowest BCUT2D eigenvalue weighted by Crippen LogP contribution is -2.30. The number of carbonyl (C=O) groups is 1. The van der Waals surface area contributed by atoms with Crippen LogP contribution >= 0.6 is 0 Å². The highest BCUT2D eigenvalue weighted by Gasteiger charge is 2.19. The van der Waals surface area contributed by atoms with E-state index in [1.807, 2.05) is 32.0 Å². The fourth-order valence-electron chi connectivity index (χ4n) is 3.65. The summed E-state index contributed by atoms with van der Waals surface area (Å²) in [5, 5.41) is 9.42. The number of carboxylic acids is 1. The van der Waals surface area contributed by atoms with Crippen molar-refractivity contribution in [1.82, 2.24) is 4.90 Å². The average Bonchev–Trinajstić information content (AvgIpc) is 2.65. The topological polar surface area (TPSA) is 40.5 Å². The van der Waals surface area contributed by atoms with Gasteiger partial charge in [0.15, 0.2) is 0 Å². The van der Waals surface area contributed by atoms with Gasteiger partial charge in [-0.1, -0.05) is 54.6 Å². The third-order valence-corrected chi connectivity index (χ3v) is 4.97. The second-order valence-electron chi connectivity index (χ2n) is 6.70. The molecule has 0 fully saturated rings. The molecule has 1 heterocycles. The number of nitrogens with zero attached hydrogens (tertiary/aromatic N) is 1. The minimum Gasteiger partial charge on any atom is -0.478 e. The maximum atomic E-state index is 11.5. The third-order valence-electron chi connectivity index (χ3n) is 4.97. The largest absolute Gasteiger partial charge is 0.478 e. The van der Waals surface area contributed by atoms with E-state index in [9.17, 15) is 9.90 Å². The van der Waals surface area contributed by atoms with Gasteiger partial charge in [-0.2, -0.15) is 0 Å². The fourth-order valence-corrected chi connectivity index (χ4v) is 3.65. The number of benzene rings is 2. The first kappa shape index (κ1) is 18.2. The van der Waals surface area contributed by atoms with Crippen LogP contribution in [0.4, 0.5) is 0 Å². The molecule has 0 atom stereocenters. The van der Waals surface area contributed by atoms with E-state index in [1.165, 1.54) is 11.1 Å². The molecule has 26 heavy (non-hydrogen) atoms. The second-order valence-corrected chi connectivity index (χ2v) is 6.70. The van der Waals surface area contributed by atoms with Gasteiger partial charge in [0.25, 0.3) is 0 Å². The summed E-state index contributed by atoms with van der Waals surface area (Å²) >= 11 is 0. The standard InChI is InChI=1S/C23H25NO2/c1-3-20(21-12-7-13-22(17(21)2)23(25)26)19-11-8-14-24(16-19)15-18-9-5-4-6-10-18/h3-7,9-13H,8,14-16H2,1-2H3,(H,25,26)/b20-3-. The molecule has 0 saturated heterocycles. The van der Waals surface area contributed by atoms with E-state index in [4.69, 9.17) is 0 Å². The summed E-state index contributed by atoms with van der Waals surface area (Å²) in [4.78, 5) is 13.9. The van der Waals surface area contributed by atoms with Crippen LogP contribution in [-0.2, 0) is 6.54 Å². The Labute approximate surface area is 155 Å². The molecule has 1 N–H and O–H groups in total. The maximum absolute atomic E-state index is 11.5. The van der Waals surface area contributed by atoms with Crippen molar-refractivity contribution in [3.8, 4) is 0 Å². The van der Waals surface area contributed by atoms with Crippen molar-refractivity contribution in [3.63, 3.8) is 0 Å². The molecule has 0 bridgehead atoms. The van der Waals surface area contributed by atoms with Crippen molar-refractivity contribution < 1.29 is 9.90 Å². The highest BCUT2D eigenvalue weighted by Crippen LogP contribution is 2.30. The van der Waals surface area contributed by atoms with Crippen molar-refractivity contribution in [3.05, 3.63) is 88.5 Å². The third kappa shape index (κ3) is 3.94. The van der Waals surface area contributed by atoms with Crippen LogP contribution in [0.25, 0.3) is 5.57 Å². The van der Waals surface area contributed by atoms with Crippen LogP contribution in [0, 0.1) is 6.92 Å². The zero-order valence-corrected chi connectivity index (χ0v) is 15.4. The highest BCUT2D eigenvalue weighted by molar-refractivity contribution is 5.92. The minimum absolute atomic E-state index is 0.374. The Morgan fingerprint density at radius 2 is 1.85 bits per heavy atom. The van der Waals surface area contributed by atoms with Gasteiger partial charge in [-0.05, 0) is 54.2 Å². The minimum atomic E-state index is -0.872. The first-order valence-corrected chi connectivity index (χ1v) is 9.05. The molecule has 0 unspecified atom stereocenters. The molecule has 0 aromatic heterocycles. The molecule has 0 radical (unpaired) electrons. The van der Waals surface area contributed by atoms with Gasteiger partial charge in [0.2, 0.25) is 0 Å². The summed E-state index contributed by atoms with van der Waals surface area (Å²) in [6.45, 7) is 6.78. The monoisotopic (exact) mass is 347 g/mol. The van der Waals surface area contributed by atoms with E-state index in [-0.39, 0.29) is 0 Å². The SMILES string of the molecule is C/C=C(/C1=CCCN(Cc2ccccc2)C1)c1cccc(C(=O)O)c1C. The van der Waals surface area contributed by atoms with E-state index in [1.54, 1.807) is 6.07 Å². The molecule has 0 saturated carbocycles. The van der Waals surface area contributed by atoms with Gasteiger partial charge in [-0.25, -0.2) is 4.79 Å². The molecular weight excluding hydrogens is 322 g/mol. The Bertz CT molecular complexity index is 850. The number of hydrogen-bond acceptors (Lipinski definition) is 2. The van der Waals surface area contributed by atoms with Crippen molar-refractivity contribution in [1.29, 1.82) is 0 Å². The molecule has 134 valence electrons. The predicted molar refractivity (Wildman–Crippen MR) is 106 cm³/mol. The molecule has 1 aliphatic rings. The Hall–Kier alpha value is -2.65. The van der Waals surface area contributed by atoms with Gasteiger partial charge in [-0.3, -0.25) is 4.90 Å². The Morgan fingerprint density at radius 1 is 1.12 bits per heavy atom. The normalized spacial score (nSPS) is 15.6. The molecule has 3 nitrogen and oxygen atoms in total. The molecule has 3 rings (SSSR count). The first-order chi connectivity index (χ1) is 12.6. The lowest BCUT2D eigenvalue weighted by Gasteiger charge is -2.29. The molecular formula is C23H25NO2. The smallest absolute Gasteiger partial charge is 0.335 e. The number of hydrogen-bond donors (Lipinski definition) is 1. The van der Waals surface area contributed by atoms with Crippen LogP contribution in [0.15, 0.2) is 66.3 Å². The highest BCUT2D eigenvalue weighted by atomic mass is 16.4. The van der Waals surface area contributed by atoms with Crippen LogP contribution in [0.1, 0.15) is 40.4 Å². The number of carboxylic acid groups (broad SMARTS) is 1. The maximum Gasteiger partial charge on any atom is 0.335 e. The number of aromatic carboxylic acids is 1. The van der Waals surface area contributed by atoms with E-state index < -0.39 is 5.97 Å². The quantitative estimate of drug-likeness (QED) is 0.834. The number of allylic oxidation sites excluding steroid dienone is 1. The zero-order chi connectivity index (χ0) is 18.5. The Balaban J connectivity index is 1.84. The van der Waals surface area contributed by atoms with E-state index in [0.717, 1.165) is 42.8 Å². The summed E-state index contributed by atoms with van der Waals surface area (Å²) in [5.41, 5.74) is 5.96. The number of rotatable bonds is 5. The van der Waals surface area contributed by atoms with Crippen LogP contribution < -0.4 is 0 Å². The van der Waals surface area contributed by atoms with Crippen molar-refractivity contribution >= 4 is 11.5 Å². The summed E-state index contributed by atoms with van der Waals surface area (Å²) < 4.78 is 0. The molecule has 3 heteroatoms. The lowest BCUT2D eigenvalue weighted by atomic mass is 9.89. The van der Waals surface area contributed by atoms with Gasteiger partial charge in [0, 0.05) is 19.6 Å². The molecule has 1 aliphatic heterocycles. The summed E-state index contributed by atoms with van der Waals surface area (Å²) in [7, 11) is 0. The van der Waals surface area contributed by atoms with Gasteiger partial charge in [0.1, 0.15) is 0 Å². The second kappa shape index (κ2) is 8.15. The van der Waals surface area contributed by atoms with Gasteiger partial charge < -0.3 is 5.11 Å². The predicted octanol–water partition coefficient (Wildman–Crippen LogP) is 4.93. The summed E-state index contributed by atoms with van der Waals surface area (Å²) in [6.07, 6.45) is 5.41. The van der Waals surface area contributed by atoms with E-state index >= 15 is 0 Å². The Morgan fingerprint density at radius 3 is 2.54 bits per heavy atom. The zero-order valence-electron chi connectivity index (χ0n) is 15.4. The Kier molecular flexibility index (Phi) is 5.69. The summed E-state index contributed by atoms with van der Waals surface area (Å²) in [5.74, 6) is -0.872. The van der Waals surface area contributed by atoms with Crippen LogP contribution in [-0.4, -0.2) is 29.1 Å². The van der Waals surface area contributed by atoms with Gasteiger partial charge in [-0.15, -0.1) is 0 Å².